The Morgan fingerprint density at radius 1 is 1.47 bits per heavy atom. The number of carbonyl (C=O) groups is 1. The maximum absolute atomic E-state index is 11.8. The van der Waals surface area contributed by atoms with Crippen molar-refractivity contribution in [3.05, 3.63) is 0 Å². The van der Waals surface area contributed by atoms with E-state index in [1.165, 1.54) is 0 Å². The van der Waals surface area contributed by atoms with Gasteiger partial charge < -0.3 is 15.2 Å². The number of methoxy groups -OCH3 is 1. The van der Waals surface area contributed by atoms with Gasteiger partial charge in [0.1, 0.15) is 5.54 Å². The van der Waals surface area contributed by atoms with Gasteiger partial charge in [-0.05, 0) is 44.7 Å². The number of hydrogen-bond acceptors (Lipinski definition) is 4. The van der Waals surface area contributed by atoms with Crippen LogP contribution < -0.4 is 5.32 Å². The molecule has 1 aliphatic carbocycles. The Kier molecular flexibility index (Phi) is 4.81. The summed E-state index contributed by atoms with van der Waals surface area (Å²) in [7, 11) is 1.74. The highest BCUT2D eigenvalue weighted by molar-refractivity contribution is 5.80. The Balaban J connectivity index is 2.04. The van der Waals surface area contributed by atoms with Gasteiger partial charge in [0, 0.05) is 20.2 Å². The zero-order valence-corrected chi connectivity index (χ0v) is 12.0. The summed E-state index contributed by atoms with van der Waals surface area (Å²) in [5, 5.41) is 13.0. The largest absolute Gasteiger partial charge is 0.480 e. The third-order valence-corrected chi connectivity index (χ3v) is 4.42. The molecule has 0 spiro atoms. The average Bonchev–Trinajstić information content (AvgIpc) is 3.22. The molecule has 0 radical (unpaired) electrons. The highest BCUT2D eigenvalue weighted by atomic mass is 16.5. The van der Waals surface area contributed by atoms with Crippen molar-refractivity contribution in [1.82, 2.24) is 10.2 Å². The van der Waals surface area contributed by atoms with Gasteiger partial charge in [-0.3, -0.25) is 9.69 Å². The van der Waals surface area contributed by atoms with Gasteiger partial charge in [-0.15, -0.1) is 0 Å². The third kappa shape index (κ3) is 3.27. The predicted molar refractivity (Wildman–Crippen MR) is 73.2 cm³/mol. The minimum absolute atomic E-state index is 0.251. The van der Waals surface area contributed by atoms with Gasteiger partial charge >= 0.3 is 5.97 Å². The smallest absolute Gasteiger partial charge is 0.325 e. The number of likely N-dealkylation sites (N-methyl/N-ethyl adjacent to an activating group) is 1. The number of likely N-dealkylation sites (tertiary alicyclic amines) is 1. The Labute approximate surface area is 115 Å². The number of carboxylic acids is 1. The molecule has 0 bridgehead atoms. The first-order chi connectivity index (χ1) is 9.12. The summed E-state index contributed by atoms with van der Waals surface area (Å²) in [6.45, 7) is 5.11. The van der Waals surface area contributed by atoms with Crippen LogP contribution in [0.25, 0.3) is 0 Å². The average molecular weight is 270 g/mol. The van der Waals surface area contributed by atoms with Crippen LogP contribution in [-0.4, -0.2) is 60.9 Å². The summed E-state index contributed by atoms with van der Waals surface area (Å²) in [4.78, 5) is 14.1. The monoisotopic (exact) mass is 270 g/mol. The fourth-order valence-electron chi connectivity index (χ4n) is 3.24. The van der Waals surface area contributed by atoms with Crippen molar-refractivity contribution >= 4 is 5.97 Å². The summed E-state index contributed by atoms with van der Waals surface area (Å²) < 4.78 is 5.42. The number of piperidine rings is 1. The number of nitrogens with one attached hydrogen (secondary N) is 1. The molecular weight excluding hydrogens is 244 g/mol. The Morgan fingerprint density at radius 2 is 2.21 bits per heavy atom. The Hall–Kier alpha value is -0.650. The van der Waals surface area contributed by atoms with E-state index in [1.807, 2.05) is 6.92 Å². The van der Waals surface area contributed by atoms with Crippen LogP contribution in [0.1, 0.15) is 32.6 Å². The second kappa shape index (κ2) is 6.20. The van der Waals surface area contributed by atoms with Crippen LogP contribution in [0.2, 0.25) is 0 Å². The molecule has 1 heterocycles. The van der Waals surface area contributed by atoms with Crippen molar-refractivity contribution in [2.75, 3.05) is 33.3 Å². The summed E-state index contributed by atoms with van der Waals surface area (Å²) >= 11 is 0. The Morgan fingerprint density at radius 3 is 2.74 bits per heavy atom. The molecule has 19 heavy (non-hydrogen) atoms. The molecule has 2 aliphatic rings. The zero-order chi connectivity index (χ0) is 13.9. The van der Waals surface area contributed by atoms with Gasteiger partial charge in [0.15, 0.2) is 0 Å². The van der Waals surface area contributed by atoms with Crippen molar-refractivity contribution in [3.63, 3.8) is 0 Å². The van der Waals surface area contributed by atoms with E-state index in [0.29, 0.717) is 13.1 Å². The van der Waals surface area contributed by atoms with Gasteiger partial charge in [0.25, 0.3) is 0 Å². The fourth-order valence-corrected chi connectivity index (χ4v) is 3.24. The molecule has 2 unspecified atom stereocenters. The van der Waals surface area contributed by atoms with Crippen molar-refractivity contribution in [3.8, 4) is 0 Å². The zero-order valence-electron chi connectivity index (χ0n) is 12.0. The summed E-state index contributed by atoms with van der Waals surface area (Å²) in [6.07, 6.45) is 4.48. The molecule has 1 aliphatic heterocycles. The number of rotatable bonds is 7. The lowest BCUT2D eigenvalue weighted by molar-refractivity contribution is -0.147. The topological polar surface area (TPSA) is 61.8 Å². The van der Waals surface area contributed by atoms with Gasteiger partial charge in [0.05, 0.1) is 6.10 Å². The molecule has 0 aromatic carbocycles. The minimum Gasteiger partial charge on any atom is -0.480 e. The maximum atomic E-state index is 11.8. The molecule has 2 rings (SSSR count). The number of carboxylic acid groups (broad SMARTS) is 1. The van der Waals surface area contributed by atoms with E-state index < -0.39 is 11.5 Å². The summed E-state index contributed by atoms with van der Waals surface area (Å²) in [6, 6.07) is 0. The fraction of sp³-hybridized carbons (Fsp3) is 0.929. The summed E-state index contributed by atoms with van der Waals surface area (Å²) in [5.74, 6) is -0.413. The van der Waals surface area contributed by atoms with Crippen molar-refractivity contribution < 1.29 is 14.6 Å². The SMILES string of the molecule is CCNC(CN1CCCC(OC)C1)(C(=O)O)C1CC1. The lowest BCUT2D eigenvalue weighted by atomic mass is 9.91. The molecule has 1 saturated heterocycles. The second-order valence-corrected chi connectivity index (χ2v) is 5.82. The van der Waals surface area contributed by atoms with Crippen LogP contribution in [0, 0.1) is 5.92 Å². The van der Waals surface area contributed by atoms with Crippen LogP contribution in [0.4, 0.5) is 0 Å². The molecule has 0 aromatic rings. The molecular formula is C14H26N2O3. The number of hydrogen-bond donors (Lipinski definition) is 2. The highest BCUT2D eigenvalue weighted by Crippen LogP contribution is 2.40. The van der Waals surface area contributed by atoms with Gasteiger partial charge in [-0.25, -0.2) is 0 Å². The first-order valence-electron chi connectivity index (χ1n) is 7.36. The Bertz CT molecular complexity index is 320. The normalized spacial score (nSPS) is 28.0. The molecule has 2 N–H and O–H groups in total. The van der Waals surface area contributed by atoms with E-state index in [2.05, 4.69) is 10.2 Å². The molecule has 110 valence electrons. The number of aliphatic carboxylic acids is 1. The van der Waals surface area contributed by atoms with E-state index in [4.69, 9.17) is 4.74 Å². The van der Waals surface area contributed by atoms with Gasteiger partial charge in [-0.1, -0.05) is 6.92 Å². The van der Waals surface area contributed by atoms with E-state index in [9.17, 15) is 9.90 Å². The van der Waals surface area contributed by atoms with Crippen LogP contribution >= 0.6 is 0 Å². The predicted octanol–water partition coefficient (Wildman–Crippen LogP) is 0.940. The second-order valence-electron chi connectivity index (χ2n) is 5.82. The first-order valence-corrected chi connectivity index (χ1v) is 7.36. The van der Waals surface area contributed by atoms with E-state index in [0.717, 1.165) is 38.8 Å². The van der Waals surface area contributed by atoms with Crippen molar-refractivity contribution in [1.29, 1.82) is 0 Å². The molecule has 2 fully saturated rings. The van der Waals surface area contributed by atoms with Crippen molar-refractivity contribution in [2.24, 2.45) is 5.92 Å². The summed E-state index contributed by atoms with van der Waals surface area (Å²) in [5.41, 5.74) is -0.760. The van der Waals surface area contributed by atoms with E-state index in [1.54, 1.807) is 7.11 Å². The van der Waals surface area contributed by atoms with E-state index >= 15 is 0 Å². The van der Waals surface area contributed by atoms with Gasteiger partial charge in [0.2, 0.25) is 0 Å². The lowest BCUT2D eigenvalue weighted by Gasteiger charge is -2.39. The molecule has 0 amide bonds. The third-order valence-electron chi connectivity index (χ3n) is 4.42. The van der Waals surface area contributed by atoms with Gasteiger partial charge in [-0.2, -0.15) is 0 Å². The highest BCUT2D eigenvalue weighted by Gasteiger charge is 2.51. The first kappa shape index (κ1) is 14.8. The molecule has 0 aromatic heterocycles. The lowest BCUT2D eigenvalue weighted by Crippen LogP contribution is -2.62. The quantitative estimate of drug-likeness (QED) is 0.721. The van der Waals surface area contributed by atoms with Crippen molar-refractivity contribution in [2.45, 2.75) is 44.2 Å². The van der Waals surface area contributed by atoms with E-state index in [-0.39, 0.29) is 12.0 Å². The maximum Gasteiger partial charge on any atom is 0.325 e. The molecule has 2 atom stereocenters. The number of nitrogens with zero attached hydrogens (tertiary/aromatic N) is 1. The minimum atomic E-state index is -0.760. The molecule has 5 heteroatoms. The van der Waals surface area contributed by atoms with Crippen LogP contribution in [-0.2, 0) is 9.53 Å². The standard InChI is InChI=1S/C14H26N2O3/c1-3-15-14(13(17)18,11-6-7-11)10-16-8-4-5-12(9-16)19-2/h11-12,15H,3-10H2,1-2H3,(H,17,18). The molecule has 1 saturated carbocycles. The molecule has 5 nitrogen and oxygen atoms in total. The van der Waals surface area contributed by atoms with Crippen LogP contribution in [0.3, 0.4) is 0 Å². The van der Waals surface area contributed by atoms with Crippen LogP contribution in [0.15, 0.2) is 0 Å². The number of ether oxygens (including phenoxy) is 1. The van der Waals surface area contributed by atoms with Crippen LogP contribution in [0.5, 0.6) is 0 Å².